The van der Waals surface area contributed by atoms with Crippen LogP contribution < -0.4 is 5.63 Å². The van der Waals surface area contributed by atoms with Crippen LogP contribution in [0.5, 0.6) is 5.75 Å². The van der Waals surface area contributed by atoms with E-state index in [4.69, 9.17) is 9.15 Å². The zero-order chi connectivity index (χ0) is 20.4. The number of hydrogen-bond acceptors (Lipinski definition) is 4. The smallest absolute Gasteiger partial charge is 0.343 e. The predicted octanol–water partition coefficient (Wildman–Crippen LogP) is 5.59. The van der Waals surface area contributed by atoms with Gasteiger partial charge in [-0.05, 0) is 55.9 Å². The molecule has 1 aromatic heterocycles. The molecule has 2 aromatic rings. The van der Waals surface area contributed by atoms with E-state index in [0.29, 0.717) is 23.2 Å². The summed E-state index contributed by atoms with van der Waals surface area (Å²) in [5.41, 5.74) is 1.09. The summed E-state index contributed by atoms with van der Waals surface area (Å²) in [6, 6.07) is 11.7. The first-order valence-electron chi connectivity index (χ1n) is 11.1. The van der Waals surface area contributed by atoms with Crippen molar-refractivity contribution < 1.29 is 14.3 Å². The Morgan fingerprint density at radius 3 is 2.45 bits per heavy atom. The average molecular weight is 397 g/mol. The van der Waals surface area contributed by atoms with Gasteiger partial charge in [-0.25, -0.2) is 4.79 Å². The van der Waals surface area contributed by atoms with Gasteiger partial charge in [0.15, 0.2) is 0 Å². The molecule has 4 heteroatoms. The number of aromatic hydroxyl groups is 1. The van der Waals surface area contributed by atoms with Crippen LogP contribution in [0.4, 0.5) is 0 Å². The first kappa shape index (κ1) is 20.2. The minimum absolute atomic E-state index is 0.0573. The molecule has 1 saturated carbocycles. The van der Waals surface area contributed by atoms with Gasteiger partial charge in [-0.2, -0.15) is 0 Å². The topological polar surface area (TPSA) is 59.7 Å². The highest BCUT2D eigenvalue weighted by atomic mass is 16.5. The Morgan fingerprint density at radius 2 is 1.86 bits per heavy atom. The summed E-state index contributed by atoms with van der Waals surface area (Å²) in [7, 11) is 0. The third-order valence-electron chi connectivity index (χ3n) is 6.51. The Bertz CT molecular complexity index is 860. The number of rotatable bonds is 7. The van der Waals surface area contributed by atoms with Gasteiger partial charge >= 0.3 is 5.63 Å². The molecule has 2 heterocycles. The molecule has 4 rings (SSSR count). The van der Waals surface area contributed by atoms with E-state index in [1.165, 1.54) is 6.42 Å². The maximum absolute atomic E-state index is 13.1. The van der Waals surface area contributed by atoms with Crippen LogP contribution in [0, 0.1) is 11.8 Å². The van der Waals surface area contributed by atoms with Gasteiger partial charge in [-0.3, -0.25) is 0 Å². The van der Waals surface area contributed by atoms with Crippen molar-refractivity contribution in [3.05, 3.63) is 63.7 Å². The van der Waals surface area contributed by atoms with E-state index in [2.05, 4.69) is 13.8 Å². The van der Waals surface area contributed by atoms with Gasteiger partial charge in [0.25, 0.3) is 0 Å². The van der Waals surface area contributed by atoms with Crippen LogP contribution in [0.25, 0.3) is 0 Å². The van der Waals surface area contributed by atoms with Gasteiger partial charge < -0.3 is 14.3 Å². The molecular formula is C25H32O4. The van der Waals surface area contributed by atoms with Crippen LogP contribution in [0.15, 0.2) is 45.6 Å². The highest BCUT2D eigenvalue weighted by Gasteiger charge is 2.38. The molecule has 0 bridgehead atoms. The quantitative estimate of drug-likeness (QED) is 0.663. The molecule has 156 valence electrons. The highest BCUT2D eigenvalue weighted by Crippen LogP contribution is 2.48. The Balaban J connectivity index is 1.66. The summed E-state index contributed by atoms with van der Waals surface area (Å²) in [5, 5.41) is 10.9. The first-order chi connectivity index (χ1) is 14.0. The van der Waals surface area contributed by atoms with Crippen molar-refractivity contribution in [1.82, 2.24) is 0 Å². The van der Waals surface area contributed by atoms with Crippen LogP contribution >= 0.6 is 0 Å². The second-order valence-electron chi connectivity index (χ2n) is 9.04. The van der Waals surface area contributed by atoms with E-state index in [1.807, 2.05) is 30.3 Å². The summed E-state index contributed by atoms with van der Waals surface area (Å²) in [5.74, 6) is 1.31. The Morgan fingerprint density at radius 1 is 1.10 bits per heavy atom. The molecule has 1 aliphatic heterocycles. The monoisotopic (exact) mass is 396 g/mol. The van der Waals surface area contributed by atoms with Crippen LogP contribution in [0.1, 0.15) is 81.1 Å². The molecule has 1 saturated heterocycles. The first-order valence-corrected chi connectivity index (χ1v) is 11.1. The van der Waals surface area contributed by atoms with Gasteiger partial charge in [-0.15, -0.1) is 0 Å². The summed E-state index contributed by atoms with van der Waals surface area (Å²) in [4.78, 5) is 13.1. The van der Waals surface area contributed by atoms with Gasteiger partial charge in [-0.1, -0.05) is 44.2 Å². The second kappa shape index (κ2) is 8.74. The minimum Gasteiger partial charge on any atom is -0.507 e. The van der Waals surface area contributed by atoms with Crippen LogP contribution in [-0.4, -0.2) is 17.8 Å². The SMILES string of the molecule is CC(C)C(CC1CCCCO1)c1cc(O)c(C(c2ccccc2)C2CC2)c(=O)o1. The summed E-state index contributed by atoms with van der Waals surface area (Å²) < 4.78 is 11.8. The fourth-order valence-electron chi connectivity index (χ4n) is 4.74. The van der Waals surface area contributed by atoms with E-state index in [1.54, 1.807) is 6.07 Å². The predicted molar refractivity (Wildman–Crippen MR) is 113 cm³/mol. The molecule has 1 N–H and O–H groups in total. The minimum atomic E-state index is -0.393. The van der Waals surface area contributed by atoms with Crippen LogP contribution in [0.2, 0.25) is 0 Å². The lowest BCUT2D eigenvalue weighted by atomic mass is 9.84. The molecule has 0 radical (unpaired) electrons. The van der Waals surface area contributed by atoms with E-state index < -0.39 is 5.63 Å². The molecule has 4 nitrogen and oxygen atoms in total. The lowest BCUT2D eigenvalue weighted by molar-refractivity contribution is 0.00273. The number of hydrogen-bond donors (Lipinski definition) is 1. The largest absolute Gasteiger partial charge is 0.507 e. The molecule has 1 aromatic carbocycles. The Kier molecular flexibility index (Phi) is 6.09. The van der Waals surface area contributed by atoms with Crippen molar-refractivity contribution in [3.63, 3.8) is 0 Å². The molecule has 0 amide bonds. The van der Waals surface area contributed by atoms with Crippen molar-refractivity contribution in [2.75, 3.05) is 6.61 Å². The third-order valence-corrected chi connectivity index (χ3v) is 6.51. The Labute approximate surface area is 172 Å². The standard InChI is InChI=1S/C25H32O4/c1-16(2)20(14-19-10-6-7-13-28-19)22-15-21(26)24(25(27)29-22)23(18-11-12-18)17-8-4-3-5-9-17/h3-5,8-9,15-16,18-20,23,26H,6-7,10-14H2,1-2H3. The maximum atomic E-state index is 13.1. The van der Waals surface area contributed by atoms with Crippen LogP contribution in [-0.2, 0) is 4.74 Å². The molecule has 3 unspecified atom stereocenters. The van der Waals surface area contributed by atoms with Gasteiger partial charge in [0.1, 0.15) is 11.5 Å². The van der Waals surface area contributed by atoms with E-state index in [0.717, 1.165) is 44.3 Å². The van der Waals surface area contributed by atoms with Gasteiger partial charge in [0.2, 0.25) is 0 Å². The normalized spacial score (nSPS) is 21.8. The van der Waals surface area contributed by atoms with Crippen molar-refractivity contribution in [1.29, 1.82) is 0 Å². The van der Waals surface area contributed by atoms with Crippen molar-refractivity contribution in [2.24, 2.45) is 11.8 Å². The molecule has 2 aliphatic rings. The summed E-state index contributed by atoms with van der Waals surface area (Å²) >= 11 is 0. The fraction of sp³-hybridized carbons (Fsp3) is 0.560. The van der Waals surface area contributed by atoms with Crippen molar-refractivity contribution in [3.8, 4) is 5.75 Å². The lowest BCUT2D eigenvalue weighted by Crippen LogP contribution is -2.24. The van der Waals surface area contributed by atoms with Gasteiger partial charge in [0, 0.05) is 24.5 Å². The summed E-state index contributed by atoms with van der Waals surface area (Å²) in [6.07, 6.45) is 6.53. The second-order valence-corrected chi connectivity index (χ2v) is 9.04. The van der Waals surface area contributed by atoms with Crippen molar-refractivity contribution in [2.45, 2.75) is 70.3 Å². The number of ether oxygens (including phenoxy) is 1. The maximum Gasteiger partial charge on any atom is 0.343 e. The van der Waals surface area contributed by atoms with E-state index in [-0.39, 0.29) is 23.7 Å². The summed E-state index contributed by atoms with van der Waals surface area (Å²) in [6.45, 7) is 5.08. The fourth-order valence-corrected chi connectivity index (χ4v) is 4.74. The number of benzene rings is 1. The molecular weight excluding hydrogens is 364 g/mol. The molecule has 2 fully saturated rings. The average Bonchev–Trinajstić information content (AvgIpc) is 3.55. The molecule has 0 spiro atoms. The third kappa shape index (κ3) is 4.58. The Hall–Kier alpha value is -2.07. The molecule has 29 heavy (non-hydrogen) atoms. The van der Waals surface area contributed by atoms with E-state index in [9.17, 15) is 9.90 Å². The zero-order valence-corrected chi connectivity index (χ0v) is 17.5. The van der Waals surface area contributed by atoms with E-state index >= 15 is 0 Å². The highest BCUT2D eigenvalue weighted by molar-refractivity contribution is 5.41. The van der Waals surface area contributed by atoms with Gasteiger partial charge in [0.05, 0.1) is 11.7 Å². The molecule has 1 aliphatic carbocycles. The van der Waals surface area contributed by atoms with Crippen LogP contribution in [0.3, 0.4) is 0 Å². The molecule has 3 atom stereocenters. The zero-order valence-electron chi connectivity index (χ0n) is 17.5. The van der Waals surface area contributed by atoms with Crippen molar-refractivity contribution >= 4 is 0 Å². The lowest BCUT2D eigenvalue weighted by Gasteiger charge is -2.28.